The number of methoxy groups -OCH3 is 1. The Hall–Kier alpha value is -1.74. The molecule has 1 heterocycles. The van der Waals surface area contributed by atoms with E-state index in [0.717, 1.165) is 23.5 Å². The van der Waals surface area contributed by atoms with E-state index in [1.807, 2.05) is 36.4 Å². The zero-order chi connectivity index (χ0) is 12.8. The van der Waals surface area contributed by atoms with E-state index in [4.69, 9.17) is 9.15 Å². The van der Waals surface area contributed by atoms with Crippen LogP contribution in [0, 0.1) is 0 Å². The third-order valence-corrected chi connectivity index (χ3v) is 2.93. The molecule has 2 aromatic rings. The maximum Gasteiger partial charge on any atom is 0.118 e. The topological polar surface area (TPSA) is 42.6 Å². The molecule has 0 spiro atoms. The summed E-state index contributed by atoms with van der Waals surface area (Å²) in [6.07, 6.45) is 3.45. The molecule has 3 heteroatoms. The van der Waals surface area contributed by atoms with Crippen molar-refractivity contribution in [1.82, 2.24) is 0 Å². The molecular weight excluding hydrogens is 228 g/mol. The minimum absolute atomic E-state index is 0.344. The quantitative estimate of drug-likeness (QED) is 0.852. The number of furan rings is 1. The normalized spacial score (nSPS) is 12.3. The molecule has 1 atom stereocenters. The molecule has 18 heavy (non-hydrogen) atoms. The molecular formula is C15H18O3. The highest BCUT2D eigenvalue weighted by atomic mass is 16.5. The van der Waals surface area contributed by atoms with Gasteiger partial charge < -0.3 is 14.3 Å². The lowest BCUT2D eigenvalue weighted by Crippen LogP contribution is -2.11. The first-order valence-electron chi connectivity index (χ1n) is 6.11. The second-order valence-electron chi connectivity index (χ2n) is 4.32. The lowest BCUT2D eigenvalue weighted by atomic mass is 10.0. The average Bonchev–Trinajstić information content (AvgIpc) is 2.90. The summed E-state index contributed by atoms with van der Waals surface area (Å²) >= 11 is 0. The first kappa shape index (κ1) is 12.7. The summed E-state index contributed by atoms with van der Waals surface area (Å²) in [7, 11) is 1.65. The predicted octanol–water partition coefficient (Wildman–Crippen LogP) is 2.82. The van der Waals surface area contributed by atoms with E-state index in [1.165, 1.54) is 0 Å². The Kier molecular flexibility index (Phi) is 4.42. The molecule has 0 amide bonds. The van der Waals surface area contributed by atoms with Crippen molar-refractivity contribution in [2.24, 2.45) is 0 Å². The Morgan fingerprint density at radius 3 is 2.61 bits per heavy atom. The number of ether oxygens (including phenoxy) is 1. The Labute approximate surface area is 107 Å². The molecule has 1 unspecified atom stereocenters. The van der Waals surface area contributed by atoms with Crippen molar-refractivity contribution in [3.63, 3.8) is 0 Å². The molecule has 0 aliphatic heterocycles. The van der Waals surface area contributed by atoms with Crippen molar-refractivity contribution in [3.8, 4) is 5.75 Å². The molecule has 0 radical (unpaired) electrons. The SMILES string of the molecule is COc1ccc(CC(O)CCc2ccco2)cc1. The van der Waals surface area contributed by atoms with Crippen molar-refractivity contribution in [1.29, 1.82) is 0 Å². The lowest BCUT2D eigenvalue weighted by Gasteiger charge is -2.10. The second kappa shape index (κ2) is 6.26. The molecule has 0 fully saturated rings. The number of aliphatic hydroxyl groups excluding tert-OH is 1. The number of benzene rings is 1. The van der Waals surface area contributed by atoms with Crippen molar-refractivity contribution in [2.75, 3.05) is 7.11 Å². The van der Waals surface area contributed by atoms with E-state index in [-0.39, 0.29) is 6.10 Å². The zero-order valence-corrected chi connectivity index (χ0v) is 10.5. The van der Waals surface area contributed by atoms with E-state index in [2.05, 4.69) is 0 Å². The van der Waals surface area contributed by atoms with Crippen LogP contribution < -0.4 is 4.74 Å². The van der Waals surface area contributed by atoms with Crippen molar-refractivity contribution in [2.45, 2.75) is 25.4 Å². The van der Waals surface area contributed by atoms with Gasteiger partial charge in [0.1, 0.15) is 11.5 Å². The molecule has 0 saturated heterocycles. The maximum absolute atomic E-state index is 9.96. The maximum atomic E-state index is 9.96. The summed E-state index contributed by atoms with van der Waals surface area (Å²) in [5.41, 5.74) is 1.11. The van der Waals surface area contributed by atoms with Crippen molar-refractivity contribution < 1.29 is 14.3 Å². The van der Waals surface area contributed by atoms with E-state index >= 15 is 0 Å². The third-order valence-electron chi connectivity index (χ3n) is 2.93. The van der Waals surface area contributed by atoms with E-state index in [9.17, 15) is 5.11 Å². The molecule has 96 valence electrons. The van der Waals surface area contributed by atoms with Crippen LogP contribution in [0.15, 0.2) is 47.1 Å². The molecule has 1 N–H and O–H groups in total. The van der Waals surface area contributed by atoms with Crippen LogP contribution in [0.25, 0.3) is 0 Å². The minimum Gasteiger partial charge on any atom is -0.497 e. The first-order chi connectivity index (χ1) is 8.78. The van der Waals surface area contributed by atoms with Gasteiger partial charge >= 0.3 is 0 Å². The fourth-order valence-corrected chi connectivity index (χ4v) is 1.90. The monoisotopic (exact) mass is 246 g/mol. The smallest absolute Gasteiger partial charge is 0.118 e. The van der Waals surface area contributed by atoms with Gasteiger partial charge in [-0.05, 0) is 42.7 Å². The highest BCUT2D eigenvalue weighted by Crippen LogP contribution is 2.14. The molecule has 0 bridgehead atoms. The van der Waals surface area contributed by atoms with Crippen LogP contribution in [0.3, 0.4) is 0 Å². The third kappa shape index (κ3) is 3.64. The van der Waals surface area contributed by atoms with Gasteiger partial charge in [-0.1, -0.05) is 12.1 Å². The van der Waals surface area contributed by atoms with Gasteiger partial charge in [-0.15, -0.1) is 0 Å². The molecule has 0 saturated carbocycles. The predicted molar refractivity (Wildman–Crippen MR) is 69.7 cm³/mol. The summed E-state index contributed by atoms with van der Waals surface area (Å²) < 4.78 is 10.3. The van der Waals surface area contributed by atoms with Crippen LogP contribution in [0.5, 0.6) is 5.75 Å². The number of hydrogen-bond donors (Lipinski definition) is 1. The largest absolute Gasteiger partial charge is 0.497 e. The summed E-state index contributed by atoms with van der Waals surface area (Å²) in [5.74, 6) is 1.76. The standard InChI is InChI=1S/C15H18O3/c1-17-14-7-4-12(5-8-14)11-13(16)6-9-15-3-2-10-18-15/h2-5,7-8,10,13,16H,6,9,11H2,1H3. The van der Waals surface area contributed by atoms with Gasteiger partial charge in [0.2, 0.25) is 0 Å². The van der Waals surface area contributed by atoms with Crippen molar-refractivity contribution >= 4 is 0 Å². The summed E-state index contributed by atoms with van der Waals surface area (Å²) in [5, 5.41) is 9.96. The summed E-state index contributed by atoms with van der Waals surface area (Å²) in [6, 6.07) is 11.6. The molecule has 2 rings (SSSR count). The van der Waals surface area contributed by atoms with E-state index in [1.54, 1.807) is 13.4 Å². The van der Waals surface area contributed by atoms with Crippen molar-refractivity contribution in [3.05, 3.63) is 54.0 Å². The van der Waals surface area contributed by atoms with Gasteiger partial charge in [0, 0.05) is 6.42 Å². The van der Waals surface area contributed by atoms with Gasteiger partial charge in [0.15, 0.2) is 0 Å². The highest BCUT2D eigenvalue weighted by Gasteiger charge is 2.07. The molecule has 0 aliphatic rings. The average molecular weight is 246 g/mol. The minimum atomic E-state index is -0.344. The number of aryl methyl sites for hydroxylation is 1. The van der Waals surface area contributed by atoms with Gasteiger partial charge in [-0.2, -0.15) is 0 Å². The Morgan fingerprint density at radius 2 is 2.00 bits per heavy atom. The zero-order valence-electron chi connectivity index (χ0n) is 10.5. The molecule has 0 aliphatic carbocycles. The van der Waals surface area contributed by atoms with Crippen LogP contribution in [-0.2, 0) is 12.8 Å². The summed E-state index contributed by atoms with van der Waals surface area (Å²) in [6.45, 7) is 0. The number of aliphatic hydroxyl groups is 1. The Balaban J connectivity index is 1.80. The van der Waals surface area contributed by atoms with Crippen LogP contribution >= 0.6 is 0 Å². The van der Waals surface area contributed by atoms with Gasteiger partial charge in [-0.25, -0.2) is 0 Å². The highest BCUT2D eigenvalue weighted by molar-refractivity contribution is 5.27. The fraction of sp³-hybridized carbons (Fsp3) is 0.333. The molecule has 1 aromatic heterocycles. The summed E-state index contributed by atoms with van der Waals surface area (Å²) in [4.78, 5) is 0. The number of rotatable bonds is 6. The van der Waals surface area contributed by atoms with Crippen LogP contribution in [0.1, 0.15) is 17.7 Å². The molecule has 3 nitrogen and oxygen atoms in total. The first-order valence-corrected chi connectivity index (χ1v) is 6.11. The van der Waals surface area contributed by atoms with Gasteiger partial charge in [0.25, 0.3) is 0 Å². The van der Waals surface area contributed by atoms with E-state index < -0.39 is 0 Å². The van der Waals surface area contributed by atoms with Crippen LogP contribution in [0.4, 0.5) is 0 Å². The lowest BCUT2D eigenvalue weighted by molar-refractivity contribution is 0.163. The van der Waals surface area contributed by atoms with Gasteiger partial charge in [-0.3, -0.25) is 0 Å². The van der Waals surface area contributed by atoms with Crippen LogP contribution in [-0.4, -0.2) is 18.3 Å². The fourth-order valence-electron chi connectivity index (χ4n) is 1.90. The van der Waals surface area contributed by atoms with Crippen LogP contribution in [0.2, 0.25) is 0 Å². The van der Waals surface area contributed by atoms with E-state index in [0.29, 0.717) is 12.8 Å². The second-order valence-corrected chi connectivity index (χ2v) is 4.32. The molecule has 1 aromatic carbocycles. The number of hydrogen-bond acceptors (Lipinski definition) is 3. The Morgan fingerprint density at radius 1 is 1.22 bits per heavy atom. The van der Waals surface area contributed by atoms with Gasteiger partial charge in [0.05, 0.1) is 19.5 Å². The Bertz CT molecular complexity index is 445.